The van der Waals surface area contributed by atoms with E-state index in [9.17, 15) is 4.79 Å². The molecule has 1 heteroatoms. The first kappa shape index (κ1) is 11.0. The molecule has 0 saturated carbocycles. The highest BCUT2D eigenvalue weighted by Crippen LogP contribution is 2.22. The molecule has 0 aromatic heterocycles. The zero-order valence-electron chi connectivity index (χ0n) is 8.99. The molecule has 14 heavy (non-hydrogen) atoms. The van der Waals surface area contributed by atoms with Gasteiger partial charge >= 0.3 is 0 Å². The van der Waals surface area contributed by atoms with Crippen LogP contribution < -0.4 is 0 Å². The van der Waals surface area contributed by atoms with Gasteiger partial charge in [-0.1, -0.05) is 44.0 Å². The molecule has 0 amide bonds. The second-order valence-corrected chi connectivity index (χ2v) is 3.74. The van der Waals surface area contributed by atoms with E-state index in [1.165, 1.54) is 11.1 Å². The van der Waals surface area contributed by atoms with Crippen molar-refractivity contribution in [1.82, 2.24) is 0 Å². The first-order valence-electron chi connectivity index (χ1n) is 5.30. The number of benzene rings is 1. The number of rotatable bonds is 5. The fraction of sp³-hybridized carbons (Fsp3) is 0.462. The summed E-state index contributed by atoms with van der Waals surface area (Å²) in [5, 5.41) is 0. The molecule has 1 unspecified atom stereocenters. The minimum Gasteiger partial charge on any atom is -0.303 e. The highest BCUT2D eigenvalue weighted by atomic mass is 16.1. The van der Waals surface area contributed by atoms with E-state index in [0.29, 0.717) is 0 Å². The van der Waals surface area contributed by atoms with E-state index in [0.717, 1.165) is 25.5 Å². The molecule has 1 aromatic carbocycles. The van der Waals surface area contributed by atoms with E-state index in [2.05, 4.69) is 26.0 Å². The minimum atomic E-state index is 0.0937. The lowest BCUT2D eigenvalue weighted by molar-refractivity contribution is -0.109. The maximum Gasteiger partial charge on any atom is 0.127 e. The van der Waals surface area contributed by atoms with Crippen LogP contribution in [0.4, 0.5) is 0 Å². The molecular formula is C13H18O. The Hall–Kier alpha value is -1.11. The van der Waals surface area contributed by atoms with Crippen LogP contribution in [-0.2, 0) is 4.79 Å². The largest absolute Gasteiger partial charge is 0.303 e. The molecule has 0 heterocycles. The first-order chi connectivity index (χ1) is 6.79. The minimum absolute atomic E-state index is 0.0937. The molecule has 0 radical (unpaired) electrons. The zero-order chi connectivity index (χ0) is 10.4. The SMILES string of the molecule is CCCCC(C=O)c1ccccc1C. The van der Waals surface area contributed by atoms with Crippen molar-refractivity contribution >= 4 is 6.29 Å². The van der Waals surface area contributed by atoms with Crippen LogP contribution in [0, 0.1) is 6.92 Å². The van der Waals surface area contributed by atoms with Crippen molar-refractivity contribution in [2.45, 2.75) is 39.0 Å². The summed E-state index contributed by atoms with van der Waals surface area (Å²) < 4.78 is 0. The maximum absolute atomic E-state index is 11.0. The van der Waals surface area contributed by atoms with Gasteiger partial charge in [-0.25, -0.2) is 0 Å². The second kappa shape index (κ2) is 5.58. The average Bonchev–Trinajstić information content (AvgIpc) is 2.21. The van der Waals surface area contributed by atoms with Gasteiger partial charge in [0.25, 0.3) is 0 Å². The van der Waals surface area contributed by atoms with Crippen LogP contribution in [0.15, 0.2) is 24.3 Å². The molecule has 0 bridgehead atoms. The summed E-state index contributed by atoms with van der Waals surface area (Å²) in [6.07, 6.45) is 4.33. The van der Waals surface area contributed by atoms with Crippen molar-refractivity contribution in [3.8, 4) is 0 Å². The van der Waals surface area contributed by atoms with Gasteiger partial charge in [-0.2, -0.15) is 0 Å². The Morgan fingerprint density at radius 3 is 2.64 bits per heavy atom. The van der Waals surface area contributed by atoms with Crippen molar-refractivity contribution < 1.29 is 4.79 Å². The Kier molecular flexibility index (Phi) is 4.37. The summed E-state index contributed by atoms with van der Waals surface area (Å²) in [6, 6.07) is 8.15. The van der Waals surface area contributed by atoms with Gasteiger partial charge < -0.3 is 4.79 Å². The summed E-state index contributed by atoms with van der Waals surface area (Å²) in [5.74, 6) is 0.0937. The quantitative estimate of drug-likeness (QED) is 0.650. The smallest absolute Gasteiger partial charge is 0.127 e. The van der Waals surface area contributed by atoms with Crippen LogP contribution in [-0.4, -0.2) is 6.29 Å². The topological polar surface area (TPSA) is 17.1 Å². The van der Waals surface area contributed by atoms with Gasteiger partial charge in [0.1, 0.15) is 6.29 Å². The van der Waals surface area contributed by atoms with Crippen molar-refractivity contribution in [2.75, 3.05) is 0 Å². The number of carbonyl (C=O) groups excluding carboxylic acids is 1. The van der Waals surface area contributed by atoms with E-state index >= 15 is 0 Å². The fourth-order valence-corrected chi connectivity index (χ4v) is 1.72. The lowest BCUT2D eigenvalue weighted by Crippen LogP contribution is -2.02. The molecule has 0 saturated heterocycles. The van der Waals surface area contributed by atoms with Gasteiger partial charge in [0.2, 0.25) is 0 Å². The van der Waals surface area contributed by atoms with Crippen molar-refractivity contribution in [1.29, 1.82) is 0 Å². The van der Waals surface area contributed by atoms with Crippen LogP contribution in [0.2, 0.25) is 0 Å². The maximum atomic E-state index is 11.0. The molecule has 0 aliphatic rings. The number of unbranched alkanes of at least 4 members (excludes halogenated alkanes) is 1. The summed E-state index contributed by atoms with van der Waals surface area (Å²) >= 11 is 0. The summed E-state index contributed by atoms with van der Waals surface area (Å²) in [6.45, 7) is 4.22. The van der Waals surface area contributed by atoms with E-state index in [-0.39, 0.29) is 5.92 Å². The number of hydrogen-bond acceptors (Lipinski definition) is 1. The van der Waals surface area contributed by atoms with Crippen LogP contribution in [0.1, 0.15) is 43.2 Å². The Morgan fingerprint density at radius 2 is 2.07 bits per heavy atom. The van der Waals surface area contributed by atoms with Gasteiger partial charge in [0.15, 0.2) is 0 Å². The molecule has 0 aliphatic heterocycles. The van der Waals surface area contributed by atoms with Gasteiger partial charge in [0.05, 0.1) is 0 Å². The van der Waals surface area contributed by atoms with Crippen molar-refractivity contribution in [2.24, 2.45) is 0 Å². The molecular weight excluding hydrogens is 172 g/mol. The lowest BCUT2D eigenvalue weighted by Gasteiger charge is -2.12. The van der Waals surface area contributed by atoms with E-state index in [4.69, 9.17) is 0 Å². The standard InChI is InChI=1S/C13H18O/c1-3-4-8-12(10-14)13-9-6-5-7-11(13)2/h5-7,9-10,12H,3-4,8H2,1-2H3. The Balaban J connectivity index is 2.78. The van der Waals surface area contributed by atoms with E-state index in [1.54, 1.807) is 0 Å². The number of aryl methyl sites for hydroxylation is 1. The first-order valence-corrected chi connectivity index (χ1v) is 5.30. The lowest BCUT2D eigenvalue weighted by atomic mass is 9.92. The van der Waals surface area contributed by atoms with Gasteiger partial charge in [-0.3, -0.25) is 0 Å². The van der Waals surface area contributed by atoms with Crippen LogP contribution in [0.3, 0.4) is 0 Å². The second-order valence-electron chi connectivity index (χ2n) is 3.74. The Labute approximate surface area is 86.1 Å². The molecule has 1 atom stereocenters. The molecule has 1 aromatic rings. The monoisotopic (exact) mass is 190 g/mol. The van der Waals surface area contributed by atoms with Crippen LogP contribution in [0.5, 0.6) is 0 Å². The van der Waals surface area contributed by atoms with Crippen LogP contribution >= 0.6 is 0 Å². The molecule has 76 valence electrons. The normalized spacial score (nSPS) is 12.4. The van der Waals surface area contributed by atoms with E-state index in [1.807, 2.05) is 12.1 Å². The third-order valence-electron chi connectivity index (χ3n) is 2.62. The molecule has 0 spiro atoms. The highest BCUT2D eigenvalue weighted by molar-refractivity contribution is 5.63. The number of carbonyl (C=O) groups is 1. The predicted octanol–water partition coefficient (Wildman–Crippen LogP) is 3.47. The average molecular weight is 190 g/mol. The molecule has 0 fully saturated rings. The van der Waals surface area contributed by atoms with Crippen LogP contribution in [0.25, 0.3) is 0 Å². The Morgan fingerprint density at radius 1 is 1.36 bits per heavy atom. The van der Waals surface area contributed by atoms with Crippen molar-refractivity contribution in [3.05, 3.63) is 35.4 Å². The fourth-order valence-electron chi connectivity index (χ4n) is 1.72. The molecule has 0 N–H and O–H groups in total. The zero-order valence-corrected chi connectivity index (χ0v) is 8.99. The summed E-state index contributed by atoms with van der Waals surface area (Å²) in [7, 11) is 0. The van der Waals surface area contributed by atoms with E-state index < -0.39 is 0 Å². The van der Waals surface area contributed by atoms with Gasteiger partial charge in [0, 0.05) is 5.92 Å². The Bertz CT molecular complexity index is 291. The van der Waals surface area contributed by atoms with Gasteiger partial charge in [-0.05, 0) is 24.5 Å². The predicted molar refractivity (Wildman–Crippen MR) is 59.5 cm³/mol. The highest BCUT2D eigenvalue weighted by Gasteiger charge is 2.11. The summed E-state index contributed by atoms with van der Waals surface area (Å²) in [4.78, 5) is 11.0. The number of hydrogen-bond donors (Lipinski definition) is 0. The van der Waals surface area contributed by atoms with Crippen molar-refractivity contribution in [3.63, 3.8) is 0 Å². The third kappa shape index (κ3) is 2.69. The molecule has 1 nitrogen and oxygen atoms in total. The summed E-state index contributed by atoms with van der Waals surface area (Å²) in [5.41, 5.74) is 2.41. The molecule has 1 rings (SSSR count). The van der Waals surface area contributed by atoms with Gasteiger partial charge in [-0.15, -0.1) is 0 Å². The molecule has 0 aliphatic carbocycles. The third-order valence-corrected chi connectivity index (χ3v) is 2.62. The number of aldehydes is 1.